The molecule has 0 bridgehead atoms. The number of halogens is 2. The second-order valence-corrected chi connectivity index (χ2v) is 5.04. The molecule has 0 aliphatic rings. The van der Waals surface area contributed by atoms with E-state index >= 15 is 0 Å². The lowest BCUT2D eigenvalue weighted by Crippen LogP contribution is -2.31. The van der Waals surface area contributed by atoms with Gasteiger partial charge in [-0.3, -0.25) is 0 Å². The molecule has 2 atom stereocenters. The Bertz CT molecular complexity index is 576. The molecule has 2 nitrogen and oxygen atoms in total. The fourth-order valence-corrected chi connectivity index (χ4v) is 2.38. The molecule has 0 radical (unpaired) electrons. The van der Waals surface area contributed by atoms with Crippen LogP contribution < -0.4 is 10.1 Å². The van der Waals surface area contributed by atoms with E-state index in [1.807, 2.05) is 32.2 Å². The zero-order valence-corrected chi connectivity index (χ0v) is 12.2. The molecule has 0 fully saturated rings. The maximum absolute atomic E-state index is 13.3. The number of nitrogens with one attached hydrogen (secondary N) is 1. The van der Waals surface area contributed by atoms with Gasteiger partial charge >= 0.3 is 0 Å². The zero-order chi connectivity index (χ0) is 14.5. The average molecular weight is 294 g/mol. The summed E-state index contributed by atoms with van der Waals surface area (Å²) in [6.45, 7) is 1.94. The van der Waals surface area contributed by atoms with E-state index in [0.29, 0.717) is 10.8 Å². The molecule has 1 N–H and O–H groups in total. The van der Waals surface area contributed by atoms with E-state index in [2.05, 4.69) is 5.32 Å². The highest BCUT2D eigenvalue weighted by molar-refractivity contribution is 6.30. The molecular weight excluding hydrogens is 277 g/mol. The van der Waals surface area contributed by atoms with Crippen molar-refractivity contribution in [2.24, 2.45) is 0 Å². The summed E-state index contributed by atoms with van der Waals surface area (Å²) in [6.07, 6.45) is -0.166. The van der Waals surface area contributed by atoms with Crippen molar-refractivity contribution >= 4 is 11.6 Å². The molecule has 2 unspecified atom stereocenters. The molecule has 0 saturated carbocycles. The first-order valence-corrected chi connectivity index (χ1v) is 6.83. The Morgan fingerprint density at radius 2 is 1.90 bits per heavy atom. The van der Waals surface area contributed by atoms with Crippen molar-refractivity contribution in [3.8, 4) is 5.75 Å². The molecule has 0 saturated heterocycles. The monoisotopic (exact) mass is 293 g/mol. The van der Waals surface area contributed by atoms with Gasteiger partial charge in [-0.2, -0.15) is 0 Å². The molecule has 0 spiro atoms. The Morgan fingerprint density at radius 3 is 2.55 bits per heavy atom. The van der Waals surface area contributed by atoms with E-state index in [1.54, 1.807) is 18.2 Å². The second-order valence-electron chi connectivity index (χ2n) is 4.60. The fourth-order valence-electron chi connectivity index (χ4n) is 2.20. The Kier molecular flexibility index (Phi) is 4.99. The predicted molar refractivity (Wildman–Crippen MR) is 79.7 cm³/mol. The van der Waals surface area contributed by atoms with E-state index in [1.165, 1.54) is 12.1 Å². The number of hydrogen-bond acceptors (Lipinski definition) is 2. The Balaban J connectivity index is 2.15. The van der Waals surface area contributed by atoms with Gasteiger partial charge in [-0.25, -0.2) is 4.39 Å². The van der Waals surface area contributed by atoms with Gasteiger partial charge in [-0.1, -0.05) is 29.8 Å². The molecule has 0 aromatic heterocycles. The standard InChI is InChI=1S/C16H17ClFNO/c1-11(20-15-8-4-6-13(17)10-15)16(19-2)12-5-3-7-14(18)9-12/h3-11,16,19H,1-2H3. The molecule has 0 amide bonds. The highest BCUT2D eigenvalue weighted by Crippen LogP contribution is 2.24. The van der Waals surface area contributed by atoms with Crippen molar-refractivity contribution in [2.75, 3.05) is 7.05 Å². The summed E-state index contributed by atoms with van der Waals surface area (Å²) >= 11 is 5.93. The minimum absolute atomic E-state index is 0.107. The minimum atomic E-state index is -0.252. The smallest absolute Gasteiger partial charge is 0.123 e. The van der Waals surface area contributed by atoms with Crippen LogP contribution in [0.15, 0.2) is 48.5 Å². The van der Waals surface area contributed by atoms with Crippen molar-refractivity contribution in [3.05, 3.63) is 64.9 Å². The highest BCUT2D eigenvalue weighted by Gasteiger charge is 2.19. The van der Waals surface area contributed by atoms with Crippen molar-refractivity contribution < 1.29 is 9.13 Å². The Morgan fingerprint density at radius 1 is 1.15 bits per heavy atom. The van der Waals surface area contributed by atoms with Crippen LogP contribution in [0.1, 0.15) is 18.5 Å². The van der Waals surface area contributed by atoms with Crippen LogP contribution in [0.25, 0.3) is 0 Å². The van der Waals surface area contributed by atoms with Crippen molar-refractivity contribution in [3.63, 3.8) is 0 Å². The first-order valence-electron chi connectivity index (χ1n) is 6.45. The van der Waals surface area contributed by atoms with Crippen molar-refractivity contribution in [1.29, 1.82) is 0 Å². The van der Waals surface area contributed by atoms with Crippen molar-refractivity contribution in [1.82, 2.24) is 5.32 Å². The minimum Gasteiger partial charge on any atom is -0.489 e. The Hall–Kier alpha value is -1.58. The van der Waals surface area contributed by atoms with Crippen LogP contribution in [0.3, 0.4) is 0 Å². The molecule has 0 heterocycles. The summed E-state index contributed by atoms with van der Waals surface area (Å²) in [5.41, 5.74) is 0.849. The summed E-state index contributed by atoms with van der Waals surface area (Å²) < 4.78 is 19.2. The third-order valence-electron chi connectivity index (χ3n) is 3.11. The molecule has 2 aromatic rings. The summed E-state index contributed by atoms with van der Waals surface area (Å²) in [4.78, 5) is 0. The summed E-state index contributed by atoms with van der Waals surface area (Å²) in [5.74, 6) is 0.444. The van der Waals surface area contributed by atoms with E-state index in [-0.39, 0.29) is 18.0 Å². The average Bonchev–Trinajstić information content (AvgIpc) is 2.39. The zero-order valence-electron chi connectivity index (χ0n) is 11.4. The quantitative estimate of drug-likeness (QED) is 0.892. The van der Waals surface area contributed by atoms with Gasteiger partial charge in [0.2, 0.25) is 0 Å². The lowest BCUT2D eigenvalue weighted by Gasteiger charge is -2.25. The lowest BCUT2D eigenvalue weighted by molar-refractivity contribution is 0.175. The van der Waals surface area contributed by atoms with Gasteiger partial charge in [0, 0.05) is 5.02 Å². The molecule has 0 aliphatic heterocycles. The van der Waals surface area contributed by atoms with Crippen LogP contribution in [0.2, 0.25) is 5.02 Å². The molecule has 2 aromatic carbocycles. The van der Waals surface area contributed by atoms with Gasteiger partial charge in [0.05, 0.1) is 6.04 Å². The van der Waals surface area contributed by atoms with E-state index in [0.717, 1.165) is 5.56 Å². The molecule has 106 valence electrons. The van der Waals surface area contributed by atoms with E-state index < -0.39 is 0 Å². The van der Waals surface area contributed by atoms with Crippen LogP contribution >= 0.6 is 11.6 Å². The van der Waals surface area contributed by atoms with Crippen LogP contribution in [-0.2, 0) is 0 Å². The third-order valence-corrected chi connectivity index (χ3v) is 3.34. The number of likely N-dealkylation sites (N-methyl/N-ethyl adjacent to an activating group) is 1. The van der Waals surface area contributed by atoms with Gasteiger partial charge in [0.25, 0.3) is 0 Å². The largest absolute Gasteiger partial charge is 0.489 e. The predicted octanol–water partition coefficient (Wildman–Crippen LogP) is 4.21. The summed E-state index contributed by atoms with van der Waals surface area (Å²) in [5, 5.41) is 3.78. The summed E-state index contributed by atoms with van der Waals surface area (Å²) in [6, 6.07) is 13.6. The lowest BCUT2D eigenvalue weighted by atomic mass is 10.0. The first kappa shape index (κ1) is 14.8. The maximum Gasteiger partial charge on any atom is 0.123 e. The van der Waals surface area contributed by atoms with Gasteiger partial charge in [0.1, 0.15) is 17.7 Å². The number of benzene rings is 2. The normalized spacial score (nSPS) is 13.8. The molecule has 20 heavy (non-hydrogen) atoms. The molecular formula is C16H17ClFNO. The van der Waals surface area contributed by atoms with E-state index in [9.17, 15) is 4.39 Å². The van der Waals surface area contributed by atoms with Crippen LogP contribution in [0.5, 0.6) is 5.75 Å². The molecule has 4 heteroatoms. The first-order chi connectivity index (χ1) is 9.60. The fraction of sp³-hybridized carbons (Fsp3) is 0.250. The van der Waals surface area contributed by atoms with Crippen LogP contribution in [0, 0.1) is 5.82 Å². The van der Waals surface area contributed by atoms with Gasteiger partial charge < -0.3 is 10.1 Å². The SMILES string of the molecule is CNC(c1cccc(F)c1)C(C)Oc1cccc(Cl)c1. The van der Waals surface area contributed by atoms with Gasteiger partial charge in [0.15, 0.2) is 0 Å². The second kappa shape index (κ2) is 6.73. The number of rotatable bonds is 5. The van der Waals surface area contributed by atoms with Crippen LogP contribution in [-0.4, -0.2) is 13.2 Å². The van der Waals surface area contributed by atoms with Gasteiger partial charge in [-0.05, 0) is 49.9 Å². The number of ether oxygens (including phenoxy) is 1. The maximum atomic E-state index is 13.3. The van der Waals surface area contributed by atoms with Crippen molar-refractivity contribution in [2.45, 2.75) is 19.1 Å². The summed E-state index contributed by atoms with van der Waals surface area (Å²) in [7, 11) is 1.83. The van der Waals surface area contributed by atoms with Gasteiger partial charge in [-0.15, -0.1) is 0 Å². The third kappa shape index (κ3) is 3.71. The van der Waals surface area contributed by atoms with Crippen LogP contribution in [0.4, 0.5) is 4.39 Å². The topological polar surface area (TPSA) is 21.3 Å². The molecule has 0 aliphatic carbocycles. The molecule has 2 rings (SSSR count). The van der Waals surface area contributed by atoms with E-state index in [4.69, 9.17) is 16.3 Å². The number of hydrogen-bond donors (Lipinski definition) is 1. The highest BCUT2D eigenvalue weighted by atomic mass is 35.5. The Labute approximate surface area is 123 Å².